The number of ether oxygens (including phenoxy) is 1. The molecular formula is C27H32N2O5. The van der Waals surface area contributed by atoms with Gasteiger partial charge in [0.15, 0.2) is 0 Å². The molecule has 0 saturated heterocycles. The smallest absolute Gasteiger partial charge is 0.408 e. The van der Waals surface area contributed by atoms with Crippen molar-refractivity contribution in [2.45, 2.75) is 56.9 Å². The third-order valence-corrected chi connectivity index (χ3v) is 7.18. The molecule has 1 atom stereocenters. The molecule has 1 unspecified atom stereocenters. The van der Waals surface area contributed by atoms with Crippen molar-refractivity contribution in [1.29, 1.82) is 0 Å². The van der Waals surface area contributed by atoms with Gasteiger partial charge in [0.2, 0.25) is 5.91 Å². The number of benzene rings is 2. The lowest BCUT2D eigenvalue weighted by Gasteiger charge is -2.36. The van der Waals surface area contributed by atoms with Crippen LogP contribution in [0.1, 0.15) is 62.5 Å². The molecule has 3 N–H and O–H groups in total. The maximum atomic E-state index is 13.1. The zero-order chi connectivity index (χ0) is 24.1. The summed E-state index contributed by atoms with van der Waals surface area (Å²) in [6.07, 6.45) is 3.43. The van der Waals surface area contributed by atoms with Gasteiger partial charge >= 0.3 is 12.1 Å². The van der Waals surface area contributed by atoms with E-state index in [1.807, 2.05) is 24.3 Å². The maximum Gasteiger partial charge on any atom is 0.408 e. The lowest BCUT2D eigenvalue weighted by molar-refractivity contribution is -0.142. The quantitative estimate of drug-likeness (QED) is 0.535. The summed E-state index contributed by atoms with van der Waals surface area (Å²) in [6, 6.07) is 16.3. The monoisotopic (exact) mass is 464 g/mol. The highest BCUT2D eigenvalue weighted by Crippen LogP contribution is 2.44. The van der Waals surface area contributed by atoms with Crippen molar-refractivity contribution in [2.75, 3.05) is 13.2 Å². The van der Waals surface area contributed by atoms with Gasteiger partial charge < -0.3 is 20.5 Å². The van der Waals surface area contributed by atoms with E-state index in [0.717, 1.165) is 41.5 Å². The number of amides is 2. The number of carbonyl (C=O) groups excluding carboxylic acids is 2. The minimum absolute atomic E-state index is 0.0405. The predicted octanol–water partition coefficient (Wildman–Crippen LogP) is 4.46. The van der Waals surface area contributed by atoms with Crippen molar-refractivity contribution in [3.05, 3.63) is 59.7 Å². The first-order valence-electron chi connectivity index (χ1n) is 12.1. The van der Waals surface area contributed by atoms with Gasteiger partial charge in [-0.25, -0.2) is 4.79 Å². The first-order chi connectivity index (χ1) is 16.4. The van der Waals surface area contributed by atoms with E-state index < -0.39 is 23.5 Å². The minimum atomic E-state index is -1.07. The third-order valence-electron chi connectivity index (χ3n) is 7.18. The van der Waals surface area contributed by atoms with Crippen LogP contribution in [0.4, 0.5) is 4.79 Å². The highest BCUT2D eigenvalue weighted by molar-refractivity contribution is 5.90. The summed E-state index contributed by atoms with van der Waals surface area (Å²) in [6.45, 7) is 1.99. The third kappa shape index (κ3) is 4.79. The molecule has 2 aromatic rings. The summed E-state index contributed by atoms with van der Waals surface area (Å²) in [5.41, 5.74) is 3.48. The fourth-order valence-electron chi connectivity index (χ4n) is 5.19. The SMILES string of the molecule is CCC(CNC(=O)C1(NC(=O)OCC2c3ccccc3-c3ccccc32)CCCCC1)C(=O)O. The standard InChI is InChI=1S/C27H32N2O5/c1-2-18(24(30)31)16-28-25(32)27(14-8-3-9-15-27)29-26(33)34-17-23-21-12-6-4-10-19(21)20-11-5-7-13-22(20)23/h4-7,10-13,18,23H,2-3,8-9,14-17H2,1H3,(H,28,32)(H,29,33)(H,30,31). The van der Waals surface area contributed by atoms with Gasteiger partial charge in [-0.15, -0.1) is 0 Å². The molecule has 0 spiro atoms. The molecule has 2 aromatic carbocycles. The Balaban J connectivity index is 1.43. The summed E-state index contributed by atoms with van der Waals surface area (Å²) in [5, 5.41) is 14.9. The Morgan fingerprint density at radius 2 is 1.59 bits per heavy atom. The lowest BCUT2D eigenvalue weighted by atomic mass is 9.81. The number of carbonyl (C=O) groups is 3. The van der Waals surface area contributed by atoms with E-state index in [-0.39, 0.29) is 25.0 Å². The van der Waals surface area contributed by atoms with Crippen LogP contribution in [0.25, 0.3) is 11.1 Å². The van der Waals surface area contributed by atoms with Gasteiger partial charge in [0, 0.05) is 12.5 Å². The van der Waals surface area contributed by atoms with E-state index >= 15 is 0 Å². The molecule has 4 rings (SSSR count). The number of fused-ring (bicyclic) bond motifs is 3. The van der Waals surface area contributed by atoms with Crippen molar-refractivity contribution in [1.82, 2.24) is 10.6 Å². The molecule has 0 aliphatic heterocycles. The molecular weight excluding hydrogens is 432 g/mol. The number of aliphatic carboxylic acids is 1. The van der Waals surface area contributed by atoms with Gasteiger partial charge in [0.1, 0.15) is 12.1 Å². The highest BCUT2D eigenvalue weighted by atomic mass is 16.5. The highest BCUT2D eigenvalue weighted by Gasteiger charge is 2.42. The number of hydrogen-bond acceptors (Lipinski definition) is 4. The van der Waals surface area contributed by atoms with Crippen molar-refractivity contribution < 1.29 is 24.2 Å². The van der Waals surface area contributed by atoms with Crippen molar-refractivity contribution in [3.8, 4) is 11.1 Å². The van der Waals surface area contributed by atoms with E-state index in [0.29, 0.717) is 19.3 Å². The number of rotatable bonds is 8. The first-order valence-corrected chi connectivity index (χ1v) is 12.1. The number of alkyl carbamates (subject to hydrolysis) is 1. The van der Waals surface area contributed by atoms with E-state index in [4.69, 9.17) is 4.74 Å². The van der Waals surface area contributed by atoms with Gasteiger partial charge in [0.05, 0.1) is 5.92 Å². The van der Waals surface area contributed by atoms with Crippen molar-refractivity contribution >= 4 is 18.0 Å². The van der Waals surface area contributed by atoms with Crippen LogP contribution in [0, 0.1) is 5.92 Å². The van der Waals surface area contributed by atoms with Crippen LogP contribution in [0.2, 0.25) is 0 Å². The average Bonchev–Trinajstić information content (AvgIpc) is 3.17. The summed E-state index contributed by atoms with van der Waals surface area (Å²) >= 11 is 0. The van der Waals surface area contributed by atoms with Crippen LogP contribution in [-0.4, -0.2) is 41.8 Å². The van der Waals surface area contributed by atoms with Crippen LogP contribution in [0.3, 0.4) is 0 Å². The fourth-order valence-corrected chi connectivity index (χ4v) is 5.19. The summed E-state index contributed by atoms with van der Waals surface area (Å²) in [4.78, 5) is 37.3. The van der Waals surface area contributed by atoms with Crippen LogP contribution in [0.5, 0.6) is 0 Å². The Bertz CT molecular complexity index is 1010. The second-order valence-corrected chi connectivity index (χ2v) is 9.25. The summed E-state index contributed by atoms with van der Waals surface area (Å²) < 4.78 is 5.68. The summed E-state index contributed by atoms with van der Waals surface area (Å²) in [7, 11) is 0. The fraction of sp³-hybridized carbons (Fsp3) is 0.444. The Morgan fingerprint density at radius 3 is 2.15 bits per heavy atom. The predicted molar refractivity (Wildman–Crippen MR) is 128 cm³/mol. The number of carboxylic acids is 1. The topological polar surface area (TPSA) is 105 Å². The first kappa shape index (κ1) is 23.8. The van der Waals surface area contributed by atoms with Crippen molar-refractivity contribution in [2.24, 2.45) is 5.92 Å². The summed E-state index contributed by atoms with van der Waals surface area (Å²) in [5.74, 6) is -1.99. The van der Waals surface area contributed by atoms with Gasteiger partial charge in [-0.1, -0.05) is 74.7 Å². The Hall–Kier alpha value is -3.35. The second-order valence-electron chi connectivity index (χ2n) is 9.25. The van der Waals surface area contributed by atoms with Crippen molar-refractivity contribution in [3.63, 3.8) is 0 Å². The van der Waals surface area contributed by atoms with E-state index in [9.17, 15) is 19.5 Å². The van der Waals surface area contributed by atoms with Crippen LogP contribution >= 0.6 is 0 Å². The van der Waals surface area contributed by atoms with Crippen LogP contribution in [0.15, 0.2) is 48.5 Å². The number of carboxylic acid groups (broad SMARTS) is 1. The van der Waals surface area contributed by atoms with E-state index in [1.54, 1.807) is 6.92 Å². The second kappa shape index (κ2) is 10.3. The molecule has 0 radical (unpaired) electrons. The molecule has 2 aliphatic carbocycles. The maximum absolute atomic E-state index is 13.1. The molecule has 1 fully saturated rings. The van der Waals surface area contributed by atoms with E-state index in [2.05, 4.69) is 34.9 Å². The number of nitrogens with one attached hydrogen (secondary N) is 2. The zero-order valence-electron chi connectivity index (χ0n) is 19.5. The van der Waals surface area contributed by atoms with Gasteiger partial charge in [0.25, 0.3) is 0 Å². The van der Waals surface area contributed by atoms with E-state index in [1.165, 1.54) is 0 Å². The zero-order valence-corrected chi connectivity index (χ0v) is 19.5. The molecule has 0 heterocycles. The molecule has 180 valence electrons. The van der Waals surface area contributed by atoms with Gasteiger partial charge in [-0.3, -0.25) is 9.59 Å². The Labute approximate surface area is 199 Å². The lowest BCUT2D eigenvalue weighted by Crippen LogP contribution is -2.60. The molecule has 1 saturated carbocycles. The molecule has 34 heavy (non-hydrogen) atoms. The minimum Gasteiger partial charge on any atom is -0.481 e. The molecule has 7 heteroatoms. The normalized spacial score (nSPS) is 17.2. The molecule has 0 aromatic heterocycles. The van der Waals surface area contributed by atoms with Crippen LogP contribution in [-0.2, 0) is 14.3 Å². The van der Waals surface area contributed by atoms with Gasteiger partial charge in [-0.05, 0) is 41.5 Å². The Kier molecular flexibility index (Phi) is 7.20. The molecule has 2 aliphatic rings. The molecule has 0 bridgehead atoms. The largest absolute Gasteiger partial charge is 0.481 e. The van der Waals surface area contributed by atoms with Crippen LogP contribution < -0.4 is 10.6 Å². The van der Waals surface area contributed by atoms with Gasteiger partial charge in [-0.2, -0.15) is 0 Å². The molecule has 7 nitrogen and oxygen atoms in total. The average molecular weight is 465 g/mol. The molecule has 2 amide bonds. The Morgan fingerprint density at radius 1 is 1.00 bits per heavy atom. The number of hydrogen-bond donors (Lipinski definition) is 3.